The molecule has 0 aliphatic heterocycles. The lowest BCUT2D eigenvalue weighted by atomic mass is 9.58. The van der Waals surface area contributed by atoms with E-state index in [1.165, 1.54) is 49.3 Å². The highest BCUT2D eigenvalue weighted by atomic mass is 35.5. The summed E-state index contributed by atoms with van der Waals surface area (Å²) in [5.74, 6) is -11.6. The molecule has 57 heavy (non-hydrogen) atoms. The van der Waals surface area contributed by atoms with Gasteiger partial charge in [0.05, 0.1) is 36.1 Å². The highest BCUT2D eigenvalue weighted by Crippen LogP contribution is 2.55. The fraction of sp³-hybridized carbons (Fsp3) is 0.324. The number of aliphatic hydroxyl groups is 5. The second kappa shape index (κ2) is 15.0. The minimum absolute atomic E-state index is 0.0145. The van der Waals surface area contributed by atoms with Crippen molar-refractivity contribution >= 4 is 29.1 Å². The predicted octanol–water partition coefficient (Wildman–Crippen LogP) is 2.44. The third kappa shape index (κ3) is 6.59. The summed E-state index contributed by atoms with van der Waals surface area (Å²) in [6, 6.07) is 4.10. The zero-order valence-electron chi connectivity index (χ0n) is 30.2. The van der Waals surface area contributed by atoms with Gasteiger partial charge in [-0.05, 0) is 38.7 Å². The molecule has 0 bridgehead atoms. The van der Waals surface area contributed by atoms with Crippen molar-refractivity contribution in [1.29, 1.82) is 0 Å². The Bertz CT molecular complexity index is 2360. The van der Waals surface area contributed by atoms with E-state index in [2.05, 4.69) is 20.1 Å². The van der Waals surface area contributed by atoms with E-state index < -0.39 is 104 Å². The molecule has 2 aromatic carbocycles. The van der Waals surface area contributed by atoms with E-state index in [0.717, 1.165) is 30.7 Å². The van der Waals surface area contributed by atoms with Crippen molar-refractivity contribution in [1.82, 2.24) is 29.6 Å². The van der Waals surface area contributed by atoms with E-state index in [9.17, 15) is 58.2 Å². The van der Waals surface area contributed by atoms with Crippen molar-refractivity contribution in [2.24, 2.45) is 17.6 Å². The summed E-state index contributed by atoms with van der Waals surface area (Å²) in [5.41, 5.74) is -1.51. The summed E-state index contributed by atoms with van der Waals surface area (Å²) < 4.78 is 43.0. The number of aromatic hydroxyl groups is 1. The van der Waals surface area contributed by atoms with Gasteiger partial charge in [0, 0.05) is 45.5 Å². The Labute approximate surface area is 326 Å². The second-order valence-electron chi connectivity index (χ2n) is 14.1. The van der Waals surface area contributed by atoms with Gasteiger partial charge in [0.2, 0.25) is 5.78 Å². The summed E-state index contributed by atoms with van der Waals surface area (Å²) in [4.78, 5) is 50.9. The first-order chi connectivity index (χ1) is 26.8. The highest BCUT2D eigenvalue weighted by molar-refractivity contribution is 6.33. The molecule has 0 spiro atoms. The molecule has 4 aromatic rings. The Morgan fingerprint density at radius 3 is 2.40 bits per heavy atom. The smallest absolute Gasteiger partial charge is 0.255 e. The average molecular weight is 814 g/mol. The number of carbonyl (C=O) groups excluding carboxylic acids is 3. The van der Waals surface area contributed by atoms with Gasteiger partial charge >= 0.3 is 0 Å². The number of nitrogens with two attached hydrogens (primary N) is 1. The molecule has 0 saturated heterocycles. The number of phenolic OH excluding ortho intramolecular Hbond substituents is 1. The number of nitrogens with zero attached hydrogens (tertiary/aromatic N) is 6. The summed E-state index contributed by atoms with van der Waals surface area (Å²) >= 11 is 6.17. The van der Waals surface area contributed by atoms with Crippen molar-refractivity contribution in [3.8, 4) is 5.75 Å². The number of aliphatic hydroxyl groups excluding tert-OH is 3. The van der Waals surface area contributed by atoms with Crippen LogP contribution in [-0.2, 0) is 21.7 Å². The molecule has 1 amide bonds. The minimum atomic E-state index is -2.77. The zero-order valence-corrected chi connectivity index (χ0v) is 30.9. The molecule has 20 heteroatoms. The summed E-state index contributed by atoms with van der Waals surface area (Å²) in [6.45, 7) is 1.26. The number of primary amides is 1. The first-order valence-corrected chi connectivity index (χ1v) is 17.4. The van der Waals surface area contributed by atoms with E-state index in [0.29, 0.717) is 6.07 Å². The van der Waals surface area contributed by atoms with Crippen LogP contribution in [0.5, 0.6) is 5.75 Å². The molecule has 300 valence electrons. The fourth-order valence-corrected chi connectivity index (χ4v) is 8.24. The third-order valence-electron chi connectivity index (χ3n) is 10.7. The van der Waals surface area contributed by atoms with Crippen molar-refractivity contribution < 1.29 is 58.2 Å². The van der Waals surface area contributed by atoms with Gasteiger partial charge in [-0.3, -0.25) is 19.3 Å². The first-order valence-electron chi connectivity index (χ1n) is 17.1. The maximum absolute atomic E-state index is 14.4. The van der Waals surface area contributed by atoms with Crippen LogP contribution in [0.3, 0.4) is 0 Å². The summed E-state index contributed by atoms with van der Waals surface area (Å²) in [6.07, 6.45) is 2.96. The number of fused-ring (bicyclic) bond motifs is 3. The number of carbonyl (C=O) groups is 3. The summed E-state index contributed by atoms with van der Waals surface area (Å²) in [5, 5.41) is 69.6. The van der Waals surface area contributed by atoms with Gasteiger partial charge < -0.3 is 36.4 Å². The van der Waals surface area contributed by atoms with Crippen molar-refractivity contribution in [3.63, 3.8) is 0 Å². The van der Waals surface area contributed by atoms with Crippen LogP contribution in [0.4, 0.5) is 13.2 Å². The molecular formula is C37H35ClF3N7O9. The first kappa shape index (κ1) is 40.9. The second-order valence-corrected chi connectivity index (χ2v) is 14.5. The fourth-order valence-electron chi connectivity index (χ4n) is 7.97. The van der Waals surface area contributed by atoms with Crippen LogP contribution in [0.1, 0.15) is 52.5 Å². The largest absolute Gasteiger partial charge is 0.510 e. The number of ketones is 2. The molecule has 7 rings (SSSR count). The monoisotopic (exact) mass is 813 g/mol. The van der Waals surface area contributed by atoms with E-state index in [-0.39, 0.29) is 40.4 Å². The molecule has 0 radical (unpaired) electrons. The molecule has 0 unspecified atom stereocenters. The van der Waals surface area contributed by atoms with Gasteiger partial charge in [0.25, 0.3) is 5.91 Å². The topological polar surface area (TPSA) is 258 Å². The van der Waals surface area contributed by atoms with Gasteiger partial charge in [-0.2, -0.15) is 5.10 Å². The Morgan fingerprint density at radius 2 is 1.81 bits per heavy atom. The molecule has 8 N–H and O–H groups in total. The number of halogens is 4. The third-order valence-corrected chi connectivity index (χ3v) is 11.1. The van der Waals surface area contributed by atoms with Crippen LogP contribution in [0.15, 0.2) is 78.2 Å². The molecule has 7 atom stereocenters. The van der Waals surface area contributed by atoms with E-state index in [4.69, 9.17) is 17.3 Å². The number of Topliss-reactive ketones (excluding diaryl/α,β-unsaturated/α-hetero) is 2. The number of benzene rings is 2. The lowest BCUT2D eigenvalue weighted by molar-refractivity contribution is -0.149. The maximum Gasteiger partial charge on any atom is 0.255 e. The van der Waals surface area contributed by atoms with Crippen LogP contribution in [0, 0.1) is 29.3 Å². The lowest BCUT2D eigenvalue weighted by Gasteiger charge is -2.50. The van der Waals surface area contributed by atoms with Gasteiger partial charge in [-0.1, -0.05) is 24.6 Å². The van der Waals surface area contributed by atoms with Gasteiger partial charge in [0.15, 0.2) is 17.2 Å². The van der Waals surface area contributed by atoms with Gasteiger partial charge in [-0.15, -0.1) is 0 Å². The van der Waals surface area contributed by atoms with Crippen LogP contribution >= 0.6 is 11.6 Å². The Morgan fingerprint density at radius 1 is 1.11 bits per heavy atom. The van der Waals surface area contributed by atoms with Gasteiger partial charge in [0.1, 0.15) is 59.1 Å². The number of hydrogen-bond acceptors (Lipinski definition) is 14. The Kier molecular flexibility index (Phi) is 10.8. The Hall–Kier alpha value is -5.73. The number of hydrogen-bond donors (Lipinski definition) is 7. The molecule has 3 aliphatic rings. The average Bonchev–Trinajstić information content (AvgIpc) is 3.65. The van der Waals surface area contributed by atoms with Gasteiger partial charge in [-0.25, -0.2) is 32.8 Å². The predicted molar refractivity (Wildman–Crippen MR) is 191 cm³/mol. The molecule has 2 aromatic heterocycles. The van der Waals surface area contributed by atoms with E-state index in [1.807, 2.05) is 0 Å². The van der Waals surface area contributed by atoms with Crippen LogP contribution < -0.4 is 5.73 Å². The molecule has 16 nitrogen and oxygen atoms in total. The van der Waals surface area contributed by atoms with Crippen molar-refractivity contribution in [2.75, 3.05) is 14.1 Å². The maximum atomic E-state index is 14.4. The number of phenols is 1. The minimum Gasteiger partial charge on any atom is -0.510 e. The standard InChI is InChI=1S/C21H21ClN2O8.C16H14F3N5O/c1-24(2)14-7-5-6-10(16(27)12-9(25)4-3-8(22)11(12)15(6)26)18(29)21(7,32)19(30)13(17(14)28)20(23)31;1-10(15-14(19)5-20-7-22-15)16(25,6-24-9-21-8-23-24)12-3-2-11(17)4-13(12)18/h3-4,6-7,14-15,25-26,28-29,32H,5H2,1-2H3,(H2,23,31);2-5,7-10,25H,6H2,1H3/t6-,7-,14-,15-,21-;10-,16+/m00/s1. The van der Waals surface area contributed by atoms with Crippen molar-refractivity contribution in [2.45, 2.75) is 49.2 Å². The van der Waals surface area contributed by atoms with E-state index >= 15 is 0 Å². The number of aromatic nitrogens is 5. The number of amides is 1. The zero-order chi connectivity index (χ0) is 41.9. The molecule has 0 fully saturated rings. The molecule has 2 heterocycles. The van der Waals surface area contributed by atoms with E-state index in [1.54, 1.807) is 0 Å². The quantitative estimate of drug-likeness (QED) is 0.132. The number of likely N-dealkylation sites (N-methyl/N-ethyl adjacent to an activating group) is 1. The normalized spacial score (nSPS) is 24.5. The van der Waals surface area contributed by atoms with Crippen molar-refractivity contribution in [3.05, 3.63) is 123 Å². The lowest BCUT2D eigenvalue weighted by Crippen LogP contribution is -2.64. The number of rotatable bonds is 7. The molecular weight excluding hydrogens is 779 g/mol. The summed E-state index contributed by atoms with van der Waals surface area (Å²) in [7, 11) is 3.03. The Balaban J connectivity index is 0.000000199. The van der Waals surface area contributed by atoms with Crippen LogP contribution in [0.2, 0.25) is 5.02 Å². The highest BCUT2D eigenvalue weighted by Gasteiger charge is 2.64. The van der Waals surface area contributed by atoms with Crippen LogP contribution in [0.25, 0.3) is 0 Å². The molecule has 3 aliphatic carbocycles. The molecule has 0 saturated carbocycles. The van der Waals surface area contributed by atoms with Crippen LogP contribution in [-0.4, -0.2) is 103 Å². The SMILES string of the molecule is CN(C)[C@@H]1C(O)=C(C(N)=O)C(=O)[C@@]2(O)C(O)=C3C(=O)c4c(O)ccc(Cl)c4[C@@H](O)[C@H]3C[C@@H]12.C[C@@H](c1ncncc1F)[C@](O)(Cn1cncn1)c1ccc(F)cc1F.